The van der Waals surface area contributed by atoms with Crippen molar-refractivity contribution in [3.8, 4) is 0 Å². The van der Waals surface area contributed by atoms with E-state index in [1.54, 1.807) is 19.1 Å². The number of nitrogens with zero attached hydrogens (tertiary/aromatic N) is 3. The van der Waals surface area contributed by atoms with E-state index in [-0.39, 0.29) is 18.2 Å². The highest BCUT2D eigenvalue weighted by Gasteiger charge is 2.29. The summed E-state index contributed by atoms with van der Waals surface area (Å²) in [6.45, 7) is 8.22. The van der Waals surface area contributed by atoms with E-state index in [4.69, 9.17) is 11.6 Å². The van der Waals surface area contributed by atoms with Crippen LogP contribution in [-0.4, -0.2) is 49.1 Å². The Morgan fingerprint density at radius 2 is 2.04 bits per heavy atom. The average molecular weight is 378 g/mol. The Labute approximate surface area is 149 Å². The number of ether oxygens (including phenoxy) is 1. The number of ketones is 1. The van der Waals surface area contributed by atoms with Gasteiger partial charge in [0, 0.05) is 0 Å². The minimum atomic E-state index is -4.53. The number of hydrogen-bond acceptors (Lipinski definition) is 3. The van der Waals surface area contributed by atoms with Gasteiger partial charge >= 0.3 is 12.2 Å². The van der Waals surface area contributed by atoms with Crippen molar-refractivity contribution in [3.63, 3.8) is 0 Å². The number of alkyl halides is 4. The van der Waals surface area contributed by atoms with Gasteiger partial charge in [-0.3, -0.25) is 9.79 Å². The number of carbonyl (C=O) groups is 1. The maximum absolute atomic E-state index is 12.1. The molecule has 25 heavy (non-hydrogen) atoms. The Balaban J connectivity index is 5.28. The van der Waals surface area contributed by atoms with E-state index in [1.165, 1.54) is 19.1 Å². The van der Waals surface area contributed by atoms with Crippen molar-refractivity contribution in [2.75, 3.05) is 13.2 Å². The van der Waals surface area contributed by atoms with E-state index in [0.29, 0.717) is 5.57 Å². The van der Waals surface area contributed by atoms with Crippen LogP contribution in [-0.2, 0) is 9.53 Å². The van der Waals surface area contributed by atoms with Gasteiger partial charge in [0.2, 0.25) is 0 Å². The van der Waals surface area contributed by atoms with Gasteiger partial charge in [0.25, 0.3) is 0 Å². The smallest absolute Gasteiger partial charge is 0.422 e. The molecule has 0 aliphatic rings. The molecule has 0 fully saturated rings. The van der Waals surface area contributed by atoms with Crippen molar-refractivity contribution in [2.45, 2.75) is 25.4 Å². The summed E-state index contributed by atoms with van der Waals surface area (Å²) in [5.41, 5.74) is 0.622. The molecule has 0 aliphatic heterocycles. The number of allylic oxidation sites excluding steroid dienone is 2. The Bertz CT molecular complexity index is 608. The summed E-state index contributed by atoms with van der Waals surface area (Å²) in [5, 5.41) is -0.808. The predicted molar refractivity (Wildman–Crippen MR) is 94.7 cm³/mol. The Kier molecular flexibility index (Phi) is 10.3. The molecule has 5 nitrogen and oxygen atoms in total. The van der Waals surface area contributed by atoms with Gasteiger partial charge in [-0.25, -0.2) is 4.99 Å². The fourth-order valence-electron chi connectivity index (χ4n) is 1.36. The van der Waals surface area contributed by atoms with Crippen LogP contribution in [0.15, 0.2) is 51.4 Å². The van der Waals surface area contributed by atoms with E-state index >= 15 is 0 Å². The van der Waals surface area contributed by atoms with Crippen molar-refractivity contribution < 1.29 is 22.7 Å². The first-order chi connectivity index (χ1) is 11.6. The van der Waals surface area contributed by atoms with Gasteiger partial charge in [0.1, 0.15) is 5.38 Å². The molecule has 0 saturated carbocycles. The first-order valence-electron chi connectivity index (χ1n) is 7.02. The summed E-state index contributed by atoms with van der Waals surface area (Å²) in [6.07, 6.45) is 1.63. The van der Waals surface area contributed by atoms with E-state index < -0.39 is 24.2 Å². The lowest BCUT2D eigenvalue weighted by Gasteiger charge is -2.08. The minimum Gasteiger partial charge on any atom is -0.454 e. The molecule has 0 aromatic heterocycles. The number of Topliss-reactive ketones (excluding diaryl/α,β-unsaturated/α-hetero) is 1. The number of carbonyl (C=O) groups excluding carboxylic acids is 1. The lowest BCUT2D eigenvalue weighted by Crippen LogP contribution is -2.20. The van der Waals surface area contributed by atoms with Crippen molar-refractivity contribution in [3.05, 3.63) is 36.5 Å². The highest BCUT2D eigenvalue weighted by molar-refractivity contribution is 6.32. The van der Waals surface area contributed by atoms with Gasteiger partial charge in [-0.1, -0.05) is 24.8 Å². The topological polar surface area (TPSA) is 63.4 Å². The summed E-state index contributed by atoms with van der Waals surface area (Å²) < 4.78 is 40.9. The lowest BCUT2D eigenvalue weighted by molar-refractivity contribution is -0.156. The third-order valence-corrected chi connectivity index (χ3v) is 2.88. The highest BCUT2D eigenvalue weighted by Crippen LogP contribution is 2.14. The average Bonchev–Trinajstić information content (AvgIpc) is 2.53. The second-order valence-corrected chi connectivity index (χ2v) is 5.06. The van der Waals surface area contributed by atoms with E-state index in [2.05, 4.69) is 33.0 Å². The quantitative estimate of drug-likeness (QED) is 0.292. The molecule has 0 amide bonds. The van der Waals surface area contributed by atoms with E-state index in [9.17, 15) is 18.0 Å². The van der Waals surface area contributed by atoms with Crippen LogP contribution < -0.4 is 0 Å². The van der Waals surface area contributed by atoms with Crippen LogP contribution in [0.3, 0.4) is 0 Å². The van der Waals surface area contributed by atoms with Gasteiger partial charge in [-0.2, -0.15) is 18.2 Å². The molecule has 9 heteroatoms. The van der Waals surface area contributed by atoms with Gasteiger partial charge in [-0.05, 0) is 32.2 Å². The first-order valence-corrected chi connectivity index (χ1v) is 7.46. The van der Waals surface area contributed by atoms with Crippen LogP contribution in [0.5, 0.6) is 0 Å². The Hall–Kier alpha value is -2.22. The molecule has 0 aromatic carbocycles. The third-order valence-electron chi connectivity index (χ3n) is 2.45. The van der Waals surface area contributed by atoms with Gasteiger partial charge in [-0.15, -0.1) is 11.6 Å². The number of rotatable bonds is 7. The molecule has 0 N–H and O–H groups in total. The molecule has 1 atom stereocenters. The number of halogens is 4. The largest absolute Gasteiger partial charge is 0.454 e. The molecule has 0 rings (SSSR count). The molecule has 0 radical (unpaired) electrons. The van der Waals surface area contributed by atoms with E-state index in [1.807, 2.05) is 0 Å². The number of amidine groups is 2. The number of hydrogen-bond donors (Lipinski definition) is 0. The lowest BCUT2D eigenvalue weighted by atomic mass is 10.1. The zero-order valence-corrected chi connectivity index (χ0v) is 14.6. The molecule has 0 aromatic rings. The fourth-order valence-corrected chi connectivity index (χ4v) is 1.52. The Morgan fingerprint density at radius 1 is 1.40 bits per heavy atom. The summed E-state index contributed by atoms with van der Waals surface area (Å²) in [5.74, 6) is -0.234. The van der Waals surface area contributed by atoms with Crippen molar-refractivity contribution in [1.29, 1.82) is 0 Å². The monoisotopic (exact) mass is 377 g/mol. The zero-order valence-electron chi connectivity index (χ0n) is 13.9. The molecule has 0 aliphatic carbocycles. The molecule has 0 saturated heterocycles. The molecule has 138 valence electrons. The molecule has 0 heterocycles. The van der Waals surface area contributed by atoms with Crippen LogP contribution in [0.2, 0.25) is 0 Å². The van der Waals surface area contributed by atoms with Crippen LogP contribution in [0.4, 0.5) is 13.2 Å². The normalized spacial score (nSPS) is 15.2. The van der Waals surface area contributed by atoms with Gasteiger partial charge in [0.05, 0.1) is 6.54 Å². The van der Waals surface area contributed by atoms with Crippen molar-refractivity contribution >= 4 is 36.0 Å². The second-order valence-electron chi connectivity index (χ2n) is 4.59. The molecule has 0 spiro atoms. The van der Waals surface area contributed by atoms with E-state index in [0.717, 1.165) is 0 Å². The standard InChI is InChI=1S/C16H19ClF3N3O2/c1-5-7-12(8-13(17)11(3)24)9-22-14(6-2)23-15(21-4)25-10-16(18,19)20/h5-8,13H,2,4,9-10H2,1,3H3/b7-5?,12-8+,22-14?,23-15?. The summed E-state index contributed by atoms with van der Waals surface area (Å²) in [6, 6.07) is -0.577. The highest BCUT2D eigenvalue weighted by atomic mass is 35.5. The number of aliphatic imine (C=N–C) groups is 3. The van der Waals surface area contributed by atoms with Crippen LogP contribution in [0.1, 0.15) is 13.8 Å². The van der Waals surface area contributed by atoms with Gasteiger partial charge in [0.15, 0.2) is 18.2 Å². The second kappa shape index (κ2) is 11.4. The van der Waals surface area contributed by atoms with Gasteiger partial charge < -0.3 is 4.74 Å². The molecular formula is C16H19ClF3N3O2. The van der Waals surface area contributed by atoms with Crippen LogP contribution in [0, 0.1) is 0 Å². The summed E-state index contributed by atoms with van der Waals surface area (Å²) in [7, 11) is 0. The minimum absolute atomic E-state index is 0.00562. The molecule has 1 unspecified atom stereocenters. The first kappa shape index (κ1) is 22.8. The third kappa shape index (κ3) is 11.0. The maximum atomic E-state index is 12.1. The molecular weight excluding hydrogens is 359 g/mol. The van der Waals surface area contributed by atoms with Crippen molar-refractivity contribution in [2.24, 2.45) is 15.0 Å². The Morgan fingerprint density at radius 3 is 2.48 bits per heavy atom. The van der Waals surface area contributed by atoms with Crippen LogP contribution in [0.25, 0.3) is 0 Å². The zero-order chi connectivity index (χ0) is 19.5. The fraction of sp³-hybridized carbons (Fsp3) is 0.375. The molecule has 0 bridgehead atoms. The van der Waals surface area contributed by atoms with Crippen LogP contribution >= 0.6 is 11.6 Å². The summed E-state index contributed by atoms with van der Waals surface area (Å²) >= 11 is 5.88. The predicted octanol–water partition coefficient (Wildman–Crippen LogP) is 3.91. The summed E-state index contributed by atoms with van der Waals surface area (Å²) in [4.78, 5) is 22.3. The maximum Gasteiger partial charge on any atom is 0.422 e. The SMILES string of the molecule is C=CC(=NC/C(C=CC)=C/C(Cl)C(C)=O)N=C(N=C)OCC(F)(F)F. The van der Waals surface area contributed by atoms with Crippen molar-refractivity contribution in [1.82, 2.24) is 0 Å².